The smallest absolute Gasteiger partial charge is 0.269 e. The van der Waals surface area contributed by atoms with Crippen LogP contribution in [0.5, 0.6) is 0 Å². The Balaban J connectivity index is 2.96. The molecule has 2 N–H and O–H groups in total. The van der Waals surface area contributed by atoms with Crippen molar-refractivity contribution < 1.29 is 13.3 Å². The summed E-state index contributed by atoms with van der Waals surface area (Å²) in [5.74, 6) is -0.229. The van der Waals surface area contributed by atoms with E-state index in [9.17, 15) is 18.5 Å². The molecule has 0 amide bonds. The molecule has 1 aromatic carbocycles. The molecule has 6 nitrogen and oxygen atoms in total. The normalized spacial score (nSPS) is 13.3. The molecule has 17 heavy (non-hydrogen) atoms. The monoisotopic (exact) mass is 258 g/mol. The van der Waals surface area contributed by atoms with Gasteiger partial charge in [0.2, 0.25) is 0 Å². The highest BCUT2D eigenvalue weighted by Gasteiger charge is 2.20. The van der Waals surface area contributed by atoms with Crippen molar-refractivity contribution in [3.05, 3.63) is 39.9 Å². The summed E-state index contributed by atoms with van der Waals surface area (Å²) in [6, 6.07) is 5.60. The van der Waals surface area contributed by atoms with E-state index in [0.29, 0.717) is 5.56 Å². The lowest BCUT2D eigenvalue weighted by Crippen LogP contribution is -2.27. The third kappa shape index (κ3) is 3.50. The molecule has 1 unspecified atom stereocenters. The van der Waals surface area contributed by atoms with Gasteiger partial charge in [-0.3, -0.25) is 10.1 Å². The molecule has 7 heteroatoms. The van der Waals surface area contributed by atoms with Crippen molar-refractivity contribution in [1.82, 2.24) is 0 Å². The lowest BCUT2D eigenvalue weighted by atomic mass is 10.2. The van der Waals surface area contributed by atoms with Crippen LogP contribution in [0, 0.1) is 10.1 Å². The number of rotatable bonds is 5. The molecule has 0 spiro atoms. The summed E-state index contributed by atoms with van der Waals surface area (Å²) in [6.45, 7) is 1.56. The molecular weight excluding hydrogens is 244 g/mol. The Morgan fingerprint density at radius 3 is 2.65 bits per heavy atom. The van der Waals surface area contributed by atoms with Crippen LogP contribution in [0.3, 0.4) is 0 Å². The average Bonchev–Trinajstić information content (AvgIpc) is 2.27. The minimum absolute atomic E-state index is 0.0389. The molecule has 0 aliphatic carbocycles. The molecule has 0 saturated heterocycles. The lowest BCUT2D eigenvalue weighted by molar-refractivity contribution is -0.384. The second kappa shape index (κ2) is 5.24. The fraction of sp³-hybridized carbons (Fsp3) is 0.400. The van der Waals surface area contributed by atoms with Gasteiger partial charge < -0.3 is 5.73 Å². The zero-order valence-electron chi connectivity index (χ0n) is 9.37. The van der Waals surface area contributed by atoms with Gasteiger partial charge in [0.1, 0.15) is 0 Å². The van der Waals surface area contributed by atoms with Gasteiger partial charge in [0.05, 0.1) is 15.9 Å². The van der Waals surface area contributed by atoms with Crippen molar-refractivity contribution >= 4 is 15.5 Å². The number of non-ortho nitro benzene ring substituents is 1. The topological polar surface area (TPSA) is 103 Å². The zero-order chi connectivity index (χ0) is 13.1. The number of nitrogens with two attached hydrogens (primary N) is 1. The Labute approximate surface area is 99.5 Å². The van der Waals surface area contributed by atoms with E-state index in [1.807, 2.05) is 0 Å². The highest BCUT2D eigenvalue weighted by molar-refractivity contribution is 7.91. The zero-order valence-corrected chi connectivity index (χ0v) is 10.2. The Morgan fingerprint density at radius 1 is 1.47 bits per heavy atom. The van der Waals surface area contributed by atoms with Crippen molar-refractivity contribution in [2.45, 2.75) is 17.9 Å². The first kappa shape index (κ1) is 13.6. The predicted molar refractivity (Wildman–Crippen MR) is 64.2 cm³/mol. The summed E-state index contributed by atoms with van der Waals surface area (Å²) >= 11 is 0. The minimum Gasteiger partial charge on any atom is -0.329 e. The summed E-state index contributed by atoms with van der Waals surface area (Å²) in [7, 11) is -3.35. The second-order valence-electron chi connectivity index (χ2n) is 3.78. The van der Waals surface area contributed by atoms with Crippen LogP contribution in [0.25, 0.3) is 0 Å². The molecule has 0 heterocycles. The molecule has 0 saturated carbocycles. The first-order valence-corrected chi connectivity index (χ1v) is 6.73. The molecule has 94 valence electrons. The Morgan fingerprint density at radius 2 is 2.12 bits per heavy atom. The number of nitro groups is 1. The lowest BCUT2D eigenvalue weighted by Gasteiger charge is -2.10. The first-order chi connectivity index (χ1) is 7.86. The summed E-state index contributed by atoms with van der Waals surface area (Å²) in [5.41, 5.74) is 5.59. The van der Waals surface area contributed by atoms with E-state index >= 15 is 0 Å². The van der Waals surface area contributed by atoms with Gasteiger partial charge >= 0.3 is 0 Å². The van der Waals surface area contributed by atoms with Gasteiger partial charge in [-0.2, -0.15) is 0 Å². The van der Waals surface area contributed by atoms with E-state index in [4.69, 9.17) is 5.73 Å². The fourth-order valence-electron chi connectivity index (χ4n) is 1.28. The van der Waals surface area contributed by atoms with E-state index in [0.717, 1.165) is 0 Å². The quantitative estimate of drug-likeness (QED) is 0.623. The maximum atomic E-state index is 11.8. The number of hydrogen-bond donors (Lipinski definition) is 1. The van der Waals surface area contributed by atoms with Gasteiger partial charge in [0, 0.05) is 18.7 Å². The van der Waals surface area contributed by atoms with E-state index in [1.54, 1.807) is 6.07 Å². The molecule has 1 rings (SSSR count). The van der Waals surface area contributed by atoms with Crippen LogP contribution in [0.4, 0.5) is 5.69 Å². The summed E-state index contributed by atoms with van der Waals surface area (Å²) in [6.07, 6.45) is 0. The van der Waals surface area contributed by atoms with E-state index < -0.39 is 20.0 Å². The molecule has 0 radical (unpaired) electrons. The molecule has 0 aromatic heterocycles. The standard InChI is InChI=1S/C10H14N2O4S/c1-8(6-11)17(15,16)7-9-3-2-4-10(5-9)12(13)14/h2-5,8H,6-7,11H2,1H3. The number of benzene rings is 1. The maximum absolute atomic E-state index is 11.8. The molecular formula is C10H14N2O4S. The van der Waals surface area contributed by atoms with Crippen molar-refractivity contribution in [3.63, 3.8) is 0 Å². The molecule has 0 bridgehead atoms. The first-order valence-electron chi connectivity index (χ1n) is 5.02. The Hall–Kier alpha value is -1.47. The number of hydrogen-bond acceptors (Lipinski definition) is 5. The molecule has 0 aliphatic heterocycles. The Bertz CT molecular complexity index is 513. The van der Waals surface area contributed by atoms with Gasteiger partial charge in [-0.25, -0.2) is 8.42 Å². The van der Waals surface area contributed by atoms with Crippen molar-refractivity contribution in [2.24, 2.45) is 5.73 Å². The molecule has 1 atom stereocenters. The van der Waals surface area contributed by atoms with Gasteiger partial charge in [-0.15, -0.1) is 0 Å². The maximum Gasteiger partial charge on any atom is 0.269 e. The van der Waals surface area contributed by atoms with Crippen molar-refractivity contribution in [3.8, 4) is 0 Å². The van der Waals surface area contributed by atoms with Gasteiger partial charge in [0.25, 0.3) is 5.69 Å². The van der Waals surface area contributed by atoms with Crippen molar-refractivity contribution in [1.29, 1.82) is 0 Å². The predicted octanol–water partition coefficient (Wildman–Crippen LogP) is 0.857. The van der Waals surface area contributed by atoms with Crippen molar-refractivity contribution in [2.75, 3.05) is 6.54 Å². The van der Waals surface area contributed by atoms with E-state index in [1.165, 1.54) is 25.1 Å². The van der Waals surface area contributed by atoms with Crippen LogP contribution < -0.4 is 5.73 Å². The number of sulfone groups is 1. The van der Waals surface area contributed by atoms with E-state index in [-0.39, 0.29) is 18.0 Å². The van der Waals surface area contributed by atoms with Crippen LogP contribution in [0.1, 0.15) is 12.5 Å². The average molecular weight is 258 g/mol. The van der Waals surface area contributed by atoms with Gasteiger partial charge in [0.15, 0.2) is 9.84 Å². The molecule has 0 fully saturated rings. The van der Waals surface area contributed by atoms with Crippen LogP contribution >= 0.6 is 0 Å². The molecule has 1 aromatic rings. The van der Waals surface area contributed by atoms with Gasteiger partial charge in [-0.05, 0) is 12.5 Å². The minimum atomic E-state index is -3.35. The highest BCUT2D eigenvalue weighted by atomic mass is 32.2. The Kier molecular flexibility index (Phi) is 4.19. The van der Waals surface area contributed by atoms with Gasteiger partial charge in [-0.1, -0.05) is 12.1 Å². The summed E-state index contributed by atoms with van der Waals surface area (Å²) in [4.78, 5) is 9.99. The fourth-order valence-corrected chi connectivity index (χ4v) is 2.50. The summed E-state index contributed by atoms with van der Waals surface area (Å²) < 4.78 is 23.5. The second-order valence-corrected chi connectivity index (χ2v) is 6.20. The van der Waals surface area contributed by atoms with Crippen LogP contribution in [0.2, 0.25) is 0 Å². The van der Waals surface area contributed by atoms with Crippen LogP contribution in [-0.2, 0) is 15.6 Å². The van der Waals surface area contributed by atoms with E-state index in [2.05, 4.69) is 0 Å². The van der Waals surface area contributed by atoms with Crippen LogP contribution in [0.15, 0.2) is 24.3 Å². The number of nitro benzene ring substituents is 1. The summed E-state index contributed by atoms with van der Waals surface area (Å²) in [5, 5.41) is 9.89. The van der Waals surface area contributed by atoms with Crippen LogP contribution in [-0.4, -0.2) is 25.1 Å². The SMILES string of the molecule is CC(CN)S(=O)(=O)Cc1cccc([N+](=O)[O-])c1. The number of nitrogens with zero attached hydrogens (tertiary/aromatic N) is 1. The largest absolute Gasteiger partial charge is 0.329 e. The third-order valence-corrected chi connectivity index (χ3v) is 4.59. The third-order valence-electron chi connectivity index (χ3n) is 2.43. The molecule has 0 aliphatic rings. The highest BCUT2D eigenvalue weighted by Crippen LogP contribution is 2.16.